The van der Waals surface area contributed by atoms with Gasteiger partial charge in [0.1, 0.15) is 0 Å². The van der Waals surface area contributed by atoms with E-state index >= 15 is 0 Å². The van der Waals surface area contributed by atoms with E-state index in [1.54, 1.807) is 0 Å². The Morgan fingerprint density at radius 2 is 2.15 bits per heavy atom. The van der Waals surface area contributed by atoms with Crippen molar-refractivity contribution in [3.05, 3.63) is 33.5 Å². The molecule has 1 aromatic heterocycles. The van der Waals surface area contributed by atoms with E-state index < -0.39 is 23.2 Å². The van der Waals surface area contributed by atoms with Crippen LogP contribution in [0.3, 0.4) is 0 Å². The maximum atomic E-state index is 12.6. The molecule has 0 atom stereocenters. The van der Waals surface area contributed by atoms with Gasteiger partial charge in [0.15, 0.2) is 5.82 Å². The molecule has 2 nitrogen and oxygen atoms in total. The summed E-state index contributed by atoms with van der Waals surface area (Å²) in [5, 5.41) is 0.0577. The fourth-order valence-corrected chi connectivity index (χ4v) is 1.36. The van der Waals surface area contributed by atoms with Gasteiger partial charge in [0.2, 0.25) is 5.43 Å². The summed E-state index contributed by atoms with van der Waals surface area (Å²) in [6.45, 7) is 0. The number of aromatic amines is 1. The molecule has 1 heterocycles. The fraction of sp³-hybridized carbons (Fsp3) is 0.286. The van der Waals surface area contributed by atoms with Gasteiger partial charge in [-0.15, -0.1) is 0 Å². The molecule has 0 saturated heterocycles. The van der Waals surface area contributed by atoms with E-state index in [1.807, 2.05) is 0 Å². The predicted molar refractivity (Wildman–Crippen MR) is 44.6 cm³/mol. The lowest BCUT2D eigenvalue weighted by atomic mass is 10.2. The number of rotatable bonds is 2. The normalized spacial score (nSPS) is 10.8. The number of H-pyrrole nitrogens is 1. The smallest absolute Gasteiger partial charge is 0.269 e. The van der Waals surface area contributed by atoms with Gasteiger partial charge in [0.25, 0.3) is 6.43 Å². The SMILES string of the molecule is O=c1c(F)c[nH]c(CBr)c1C(F)F. The molecule has 0 spiro atoms. The van der Waals surface area contributed by atoms with Crippen molar-refractivity contribution in [2.24, 2.45) is 0 Å². The van der Waals surface area contributed by atoms with E-state index in [0.717, 1.165) is 6.20 Å². The molecule has 6 heteroatoms. The first kappa shape index (κ1) is 10.3. The Morgan fingerprint density at radius 3 is 2.62 bits per heavy atom. The molecule has 0 fully saturated rings. The van der Waals surface area contributed by atoms with Crippen LogP contribution >= 0.6 is 15.9 Å². The van der Waals surface area contributed by atoms with E-state index in [4.69, 9.17) is 0 Å². The zero-order valence-electron chi connectivity index (χ0n) is 6.28. The Morgan fingerprint density at radius 1 is 1.54 bits per heavy atom. The summed E-state index contributed by atoms with van der Waals surface area (Å²) < 4.78 is 37.1. The summed E-state index contributed by atoms with van der Waals surface area (Å²) in [5.41, 5.74) is -2.05. The minimum absolute atomic E-state index is 0.00130. The van der Waals surface area contributed by atoms with E-state index in [0.29, 0.717) is 0 Å². The molecule has 0 bridgehead atoms. The summed E-state index contributed by atoms with van der Waals surface area (Å²) in [6, 6.07) is 0. The van der Waals surface area contributed by atoms with E-state index in [2.05, 4.69) is 20.9 Å². The maximum absolute atomic E-state index is 12.6. The van der Waals surface area contributed by atoms with Crippen LogP contribution in [0.5, 0.6) is 0 Å². The summed E-state index contributed by atoms with van der Waals surface area (Å²) in [7, 11) is 0. The largest absolute Gasteiger partial charge is 0.361 e. The number of alkyl halides is 3. The zero-order valence-corrected chi connectivity index (χ0v) is 7.87. The van der Waals surface area contributed by atoms with Crippen molar-refractivity contribution in [3.63, 3.8) is 0 Å². The van der Waals surface area contributed by atoms with Crippen LogP contribution < -0.4 is 5.43 Å². The average molecular weight is 256 g/mol. The minimum atomic E-state index is -2.97. The second-order valence-electron chi connectivity index (χ2n) is 2.29. The quantitative estimate of drug-likeness (QED) is 0.809. The molecule has 1 aromatic rings. The zero-order chi connectivity index (χ0) is 10.0. The van der Waals surface area contributed by atoms with Crippen molar-refractivity contribution in [1.29, 1.82) is 0 Å². The standard InChI is InChI=1S/C7H5BrF3NO/c8-1-4-5(7(10)11)6(13)3(9)2-12-4/h2,7H,1H2,(H,12,13). The van der Waals surface area contributed by atoms with E-state index in [9.17, 15) is 18.0 Å². The predicted octanol–water partition coefficient (Wildman–Crippen LogP) is 2.35. The minimum Gasteiger partial charge on any atom is -0.361 e. The first-order chi connectivity index (χ1) is 6.07. The molecule has 0 aromatic carbocycles. The molecule has 0 aliphatic rings. The molecule has 1 rings (SSSR count). The molecule has 72 valence electrons. The summed E-state index contributed by atoms with van der Waals surface area (Å²) >= 11 is 2.91. The van der Waals surface area contributed by atoms with Gasteiger partial charge in [-0.3, -0.25) is 4.79 Å². The third-order valence-electron chi connectivity index (χ3n) is 1.51. The van der Waals surface area contributed by atoms with Gasteiger partial charge in [-0.05, 0) is 0 Å². The first-order valence-corrected chi connectivity index (χ1v) is 4.44. The Labute approximate surface area is 79.9 Å². The highest BCUT2D eigenvalue weighted by Gasteiger charge is 2.19. The lowest BCUT2D eigenvalue weighted by Crippen LogP contribution is -2.17. The van der Waals surface area contributed by atoms with Crippen molar-refractivity contribution in [2.45, 2.75) is 11.8 Å². The van der Waals surface area contributed by atoms with E-state index in [1.165, 1.54) is 0 Å². The van der Waals surface area contributed by atoms with Crippen LogP contribution in [0, 0.1) is 5.82 Å². The average Bonchev–Trinajstić information content (AvgIpc) is 2.08. The number of halogens is 4. The van der Waals surface area contributed by atoms with Crippen molar-refractivity contribution in [2.75, 3.05) is 0 Å². The monoisotopic (exact) mass is 255 g/mol. The molecule has 0 unspecified atom stereocenters. The van der Waals surface area contributed by atoms with Gasteiger partial charge in [-0.25, -0.2) is 13.2 Å². The van der Waals surface area contributed by atoms with Crippen LogP contribution in [0.2, 0.25) is 0 Å². The Hall–Kier alpha value is -0.780. The number of hydrogen-bond donors (Lipinski definition) is 1. The van der Waals surface area contributed by atoms with Gasteiger partial charge >= 0.3 is 0 Å². The number of nitrogens with one attached hydrogen (secondary N) is 1. The second-order valence-corrected chi connectivity index (χ2v) is 2.85. The summed E-state index contributed by atoms with van der Waals surface area (Å²) in [4.78, 5) is 13.2. The van der Waals surface area contributed by atoms with Gasteiger partial charge < -0.3 is 4.98 Å². The molecule has 13 heavy (non-hydrogen) atoms. The van der Waals surface area contributed by atoms with Crippen LogP contribution in [0.1, 0.15) is 17.7 Å². The van der Waals surface area contributed by atoms with Crippen LogP contribution in [0.4, 0.5) is 13.2 Å². The summed E-state index contributed by atoms with van der Waals surface area (Å²) in [6.07, 6.45) is -2.20. The number of pyridine rings is 1. The highest BCUT2D eigenvalue weighted by molar-refractivity contribution is 9.08. The lowest BCUT2D eigenvalue weighted by molar-refractivity contribution is 0.148. The molecule has 0 aliphatic carbocycles. The van der Waals surface area contributed by atoms with Crippen LogP contribution in [-0.2, 0) is 5.33 Å². The fourth-order valence-electron chi connectivity index (χ4n) is 0.901. The molecule has 0 saturated carbocycles. The van der Waals surface area contributed by atoms with Crippen LogP contribution in [0.25, 0.3) is 0 Å². The van der Waals surface area contributed by atoms with Gasteiger partial charge in [0, 0.05) is 17.2 Å². The third kappa shape index (κ3) is 1.93. The topological polar surface area (TPSA) is 32.9 Å². The molecule has 0 amide bonds. The van der Waals surface area contributed by atoms with Crippen LogP contribution in [-0.4, -0.2) is 4.98 Å². The van der Waals surface area contributed by atoms with Crippen LogP contribution in [0.15, 0.2) is 11.0 Å². The third-order valence-corrected chi connectivity index (χ3v) is 2.07. The lowest BCUT2D eigenvalue weighted by Gasteiger charge is -2.04. The second kappa shape index (κ2) is 3.95. The molecular formula is C7H5BrF3NO. The first-order valence-electron chi connectivity index (χ1n) is 3.32. The molecule has 1 N–H and O–H groups in total. The number of aromatic nitrogens is 1. The van der Waals surface area contributed by atoms with Gasteiger partial charge in [0.05, 0.1) is 5.56 Å². The van der Waals surface area contributed by atoms with Crippen molar-refractivity contribution in [1.82, 2.24) is 4.98 Å². The molecular weight excluding hydrogens is 251 g/mol. The highest BCUT2D eigenvalue weighted by atomic mass is 79.9. The Bertz CT molecular complexity index is 363. The highest BCUT2D eigenvalue weighted by Crippen LogP contribution is 2.19. The van der Waals surface area contributed by atoms with Crippen molar-refractivity contribution in [3.8, 4) is 0 Å². The van der Waals surface area contributed by atoms with Crippen molar-refractivity contribution < 1.29 is 13.2 Å². The number of hydrogen-bond acceptors (Lipinski definition) is 1. The molecule has 0 radical (unpaired) electrons. The summed E-state index contributed by atoms with van der Waals surface area (Å²) in [5.74, 6) is -1.19. The van der Waals surface area contributed by atoms with E-state index in [-0.39, 0.29) is 11.0 Å². The van der Waals surface area contributed by atoms with Gasteiger partial charge in [-0.2, -0.15) is 0 Å². The van der Waals surface area contributed by atoms with Gasteiger partial charge in [-0.1, -0.05) is 15.9 Å². The Kier molecular flexibility index (Phi) is 3.13. The maximum Gasteiger partial charge on any atom is 0.269 e. The Balaban J connectivity index is 3.42. The van der Waals surface area contributed by atoms with Crippen molar-refractivity contribution >= 4 is 15.9 Å². The molecule has 0 aliphatic heterocycles.